The van der Waals surface area contributed by atoms with E-state index >= 15 is 0 Å². The lowest BCUT2D eigenvalue weighted by Crippen LogP contribution is -2.26. The number of hydrogen-bond donors (Lipinski definition) is 1. The standard InChI is InChI=1S/C14H17BrN2O/c1-8-7-11-13(9(2)12(8)15)17-14(18-11)10-3-5-16-6-4-10/h7,10,16H,3-6H2,1-2H3. The number of benzene rings is 1. The molecule has 18 heavy (non-hydrogen) atoms. The van der Waals surface area contributed by atoms with Gasteiger partial charge in [-0.3, -0.25) is 0 Å². The van der Waals surface area contributed by atoms with Crippen LogP contribution in [0.25, 0.3) is 11.1 Å². The van der Waals surface area contributed by atoms with Gasteiger partial charge in [-0.25, -0.2) is 4.98 Å². The third-order valence-electron chi connectivity index (χ3n) is 3.74. The molecule has 0 bridgehead atoms. The molecule has 0 radical (unpaired) electrons. The van der Waals surface area contributed by atoms with Crippen molar-refractivity contribution in [2.24, 2.45) is 0 Å². The van der Waals surface area contributed by atoms with Gasteiger partial charge in [-0.1, -0.05) is 15.9 Å². The molecule has 1 aromatic heterocycles. The van der Waals surface area contributed by atoms with Gasteiger partial charge < -0.3 is 9.73 Å². The van der Waals surface area contributed by atoms with Crippen LogP contribution >= 0.6 is 15.9 Å². The van der Waals surface area contributed by atoms with Crippen molar-refractivity contribution in [1.29, 1.82) is 0 Å². The lowest BCUT2D eigenvalue weighted by molar-refractivity contribution is 0.385. The number of aromatic nitrogens is 1. The van der Waals surface area contributed by atoms with Gasteiger partial charge in [0.25, 0.3) is 0 Å². The molecule has 2 aromatic rings. The van der Waals surface area contributed by atoms with Gasteiger partial charge in [0.05, 0.1) is 0 Å². The monoisotopic (exact) mass is 308 g/mol. The van der Waals surface area contributed by atoms with Gasteiger partial charge in [0.15, 0.2) is 11.5 Å². The SMILES string of the molecule is Cc1cc2oc(C3CCNCC3)nc2c(C)c1Br. The molecule has 1 aromatic carbocycles. The summed E-state index contributed by atoms with van der Waals surface area (Å²) in [5.74, 6) is 1.38. The van der Waals surface area contributed by atoms with Crippen LogP contribution in [0.3, 0.4) is 0 Å². The molecule has 1 aliphatic heterocycles. The fraction of sp³-hybridized carbons (Fsp3) is 0.500. The minimum atomic E-state index is 0.470. The zero-order valence-electron chi connectivity index (χ0n) is 10.7. The molecule has 3 rings (SSSR count). The van der Waals surface area contributed by atoms with Crippen LogP contribution in [-0.4, -0.2) is 18.1 Å². The molecule has 0 spiro atoms. The summed E-state index contributed by atoms with van der Waals surface area (Å²) in [6.07, 6.45) is 2.23. The smallest absolute Gasteiger partial charge is 0.198 e. The van der Waals surface area contributed by atoms with E-state index in [1.165, 1.54) is 11.1 Å². The molecule has 0 amide bonds. The first-order chi connectivity index (χ1) is 8.66. The quantitative estimate of drug-likeness (QED) is 0.873. The summed E-state index contributed by atoms with van der Waals surface area (Å²) in [6.45, 7) is 6.30. The van der Waals surface area contributed by atoms with Gasteiger partial charge in [-0.15, -0.1) is 0 Å². The molecule has 0 saturated carbocycles. The average molecular weight is 309 g/mol. The predicted octanol–water partition coefficient (Wildman–Crippen LogP) is 3.67. The van der Waals surface area contributed by atoms with E-state index in [4.69, 9.17) is 9.40 Å². The number of rotatable bonds is 1. The Bertz CT molecular complexity index is 585. The molecule has 1 saturated heterocycles. The number of oxazole rings is 1. The Labute approximate surface area is 115 Å². The Morgan fingerprint density at radius 2 is 2.06 bits per heavy atom. The highest BCUT2D eigenvalue weighted by molar-refractivity contribution is 9.10. The van der Waals surface area contributed by atoms with E-state index in [2.05, 4.69) is 41.2 Å². The Balaban J connectivity index is 2.07. The number of fused-ring (bicyclic) bond motifs is 1. The van der Waals surface area contributed by atoms with Crippen molar-refractivity contribution in [3.05, 3.63) is 27.6 Å². The van der Waals surface area contributed by atoms with Crippen LogP contribution in [0.4, 0.5) is 0 Å². The van der Waals surface area contributed by atoms with E-state index in [-0.39, 0.29) is 0 Å². The van der Waals surface area contributed by atoms with Gasteiger partial charge in [-0.05, 0) is 57.0 Å². The summed E-state index contributed by atoms with van der Waals surface area (Å²) in [5, 5.41) is 3.37. The average Bonchev–Trinajstić information content (AvgIpc) is 2.81. The molecular formula is C14H17BrN2O. The van der Waals surface area contributed by atoms with E-state index in [1.54, 1.807) is 0 Å². The summed E-state index contributed by atoms with van der Waals surface area (Å²) >= 11 is 3.61. The van der Waals surface area contributed by atoms with Crippen LogP contribution in [-0.2, 0) is 0 Å². The van der Waals surface area contributed by atoms with Gasteiger partial charge >= 0.3 is 0 Å². The second kappa shape index (κ2) is 4.67. The van der Waals surface area contributed by atoms with Crippen LogP contribution in [0.2, 0.25) is 0 Å². The molecule has 3 nitrogen and oxygen atoms in total. The molecular weight excluding hydrogens is 292 g/mol. The second-order valence-corrected chi connectivity index (χ2v) is 5.85. The third-order valence-corrected chi connectivity index (χ3v) is 4.96. The number of aryl methyl sites for hydroxylation is 2. The number of halogens is 1. The Hall–Kier alpha value is -0.870. The first-order valence-electron chi connectivity index (χ1n) is 6.43. The largest absolute Gasteiger partial charge is 0.440 e. The highest BCUT2D eigenvalue weighted by Gasteiger charge is 2.21. The normalized spacial score (nSPS) is 17.5. The summed E-state index contributed by atoms with van der Waals surface area (Å²) in [6, 6.07) is 2.07. The molecule has 1 aliphatic rings. The van der Waals surface area contributed by atoms with Crippen LogP contribution in [0, 0.1) is 13.8 Å². The second-order valence-electron chi connectivity index (χ2n) is 5.06. The van der Waals surface area contributed by atoms with Crippen molar-refractivity contribution in [3.63, 3.8) is 0 Å². The maximum Gasteiger partial charge on any atom is 0.198 e. The lowest BCUT2D eigenvalue weighted by Gasteiger charge is -2.19. The third kappa shape index (κ3) is 1.97. The van der Waals surface area contributed by atoms with Crippen LogP contribution < -0.4 is 5.32 Å². The van der Waals surface area contributed by atoms with Gasteiger partial charge in [0.1, 0.15) is 5.52 Å². The van der Waals surface area contributed by atoms with E-state index in [9.17, 15) is 0 Å². The highest BCUT2D eigenvalue weighted by atomic mass is 79.9. The highest BCUT2D eigenvalue weighted by Crippen LogP contribution is 2.33. The lowest BCUT2D eigenvalue weighted by atomic mass is 9.98. The van der Waals surface area contributed by atoms with Gasteiger partial charge in [0.2, 0.25) is 0 Å². The molecule has 2 heterocycles. The molecule has 1 N–H and O–H groups in total. The van der Waals surface area contributed by atoms with E-state index in [0.717, 1.165) is 47.4 Å². The predicted molar refractivity (Wildman–Crippen MR) is 76.0 cm³/mol. The zero-order chi connectivity index (χ0) is 12.7. The minimum absolute atomic E-state index is 0.470. The van der Waals surface area contributed by atoms with Crippen molar-refractivity contribution >= 4 is 27.0 Å². The van der Waals surface area contributed by atoms with Crippen molar-refractivity contribution < 1.29 is 4.42 Å². The summed E-state index contributed by atoms with van der Waals surface area (Å²) in [7, 11) is 0. The number of nitrogens with one attached hydrogen (secondary N) is 1. The maximum absolute atomic E-state index is 5.96. The molecule has 0 aliphatic carbocycles. The molecule has 0 atom stereocenters. The van der Waals surface area contributed by atoms with Crippen LogP contribution in [0.1, 0.15) is 35.8 Å². The molecule has 4 heteroatoms. The van der Waals surface area contributed by atoms with Crippen molar-refractivity contribution in [3.8, 4) is 0 Å². The number of piperidine rings is 1. The molecule has 96 valence electrons. The summed E-state index contributed by atoms with van der Waals surface area (Å²) < 4.78 is 7.10. The number of hydrogen-bond acceptors (Lipinski definition) is 3. The van der Waals surface area contributed by atoms with E-state index in [1.807, 2.05) is 0 Å². The van der Waals surface area contributed by atoms with Crippen molar-refractivity contribution in [1.82, 2.24) is 10.3 Å². The van der Waals surface area contributed by atoms with Crippen LogP contribution in [0.15, 0.2) is 15.0 Å². The zero-order valence-corrected chi connectivity index (χ0v) is 12.3. The molecule has 0 unspecified atom stereocenters. The van der Waals surface area contributed by atoms with Crippen molar-refractivity contribution in [2.45, 2.75) is 32.6 Å². The first kappa shape index (κ1) is 12.2. The van der Waals surface area contributed by atoms with Gasteiger partial charge in [-0.2, -0.15) is 0 Å². The topological polar surface area (TPSA) is 38.1 Å². The summed E-state index contributed by atoms with van der Waals surface area (Å²) in [4.78, 5) is 4.71. The molecule has 1 fully saturated rings. The van der Waals surface area contributed by atoms with E-state index < -0.39 is 0 Å². The number of nitrogens with zero attached hydrogens (tertiary/aromatic N) is 1. The minimum Gasteiger partial charge on any atom is -0.440 e. The van der Waals surface area contributed by atoms with E-state index in [0.29, 0.717) is 5.92 Å². The van der Waals surface area contributed by atoms with Crippen LogP contribution in [0.5, 0.6) is 0 Å². The summed E-state index contributed by atoms with van der Waals surface area (Å²) in [5.41, 5.74) is 4.30. The first-order valence-corrected chi connectivity index (χ1v) is 7.23. The fourth-order valence-corrected chi connectivity index (χ4v) is 2.92. The Kier molecular flexibility index (Phi) is 3.16. The fourth-order valence-electron chi connectivity index (χ4n) is 2.62. The van der Waals surface area contributed by atoms with Crippen molar-refractivity contribution in [2.75, 3.05) is 13.1 Å². The Morgan fingerprint density at radius 1 is 1.33 bits per heavy atom. The maximum atomic E-state index is 5.96. The Morgan fingerprint density at radius 3 is 2.78 bits per heavy atom. The van der Waals surface area contributed by atoms with Gasteiger partial charge in [0, 0.05) is 10.4 Å².